The molecule has 0 spiro atoms. The number of hydrogen-bond donors (Lipinski definition) is 4. The van der Waals surface area contributed by atoms with E-state index in [1.807, 2.05) is 6.92 Å². The Labute approximate surface area is 160 Å². The molecule has 0 aliphatic carbocycles. The highest BCUT2D eigenvalue weighted by atomic mass is 35.5. The third kappa shape index (κ3) is 7.41. The Hall–Kier alpha value is -1.64. The predicted octanol–water partition coefficient (Wildman–Crippen LogP) is 2.32. The van der Waals surface area contributed by atoms with Gasteiger partial charge in [0, 0.05) is 9.92 Å². The number of primary amides is 1. The summed E-state index contributed by atoms with van der Waals surface area (Å²) < 4.78 is 0. The lowest BCUT2D eigenvalue weighted by Gasteiger charge is -2.22. The van der Waals surface area contributed by atoms with Gasteiger partial charge in [0.1, 0.15) is 6.04 Å². The van der Waals surface area contributed by atoms with Crippen LogP contribution >= 0.6 is 35.0 Å². The summed E-state index contributed by atoms with van der Waals surface area (Å²) in [5, 5.41) is 3.35. The van der Waals surface area contributed by atoms with Gasteiger partial charge in [0.2, 0.25) is 5.91 Å². The first-order valence-corrected chi connectivity index (χ1v) is 9.21. The van der Waals surface area contributed by atoms with Gasteiger partial charge in [0.25, 0.3) is 5.91 Å². The Morgan fingerprint density at radius 1 is 1.24 bits per heavy atom. The van der Waals surface area contributed by atoms with Crippen LogP contribution < -0.4 is 21.9 Å². The third-order valence-electron chi connectivity index (χ3n) is 3.37. The van der Waals surface area contributed by atoms with Crippen LogP contribution in [-0.4, -0.2) is 29.6 Å². The van der Waals surface area contributed by atoms with Crippen LogP contribution in [0.5, 0.6) is 0 Å². The van der Waals surface area contributed by atoms with Crippen molar-refractivity contribution in [3.63, 3.8) is 0 Å². The quantitative estimate of drug-likeness (QED) is 0.410. The van der Waals surface area contributed by atoms with Crippen LogP contribution in [0.2, 0.25) is 10.0 Å². The van der Waals surface area contributed by atoms with Crippen molar-refractivity contribution in [1.82, 2.24) is 16.2 Å². The van der Waals surface area contributed by atoms with Gasteiger partial charge in [-0.3, -0.25) is 20.4 Å². The fourth-order valence-electron chi connectivity index (χ4n) is 1.83. The molecule has 0 aliphatic heterocycles. The third-order valence-corrected chi connectivity index (χ3v) is 5.10. The highest BCUT2D eigenvalue weighted by molar-refractivity contribution is 8.00. The first kappa shape index (κ1) is 21.4. The molecule has 138 valence electrons. The summed E-state index contributed by atoms with van der Waals surface area (Å²) in [7, 11) is 0. The molecule has 0 aromatic heterocycles. The van der Waals surface area contributed by atoms with Crippen molar-refractivity contribution in [3.8, 4) is 0 Å². The Balaban J connectivity index is 2.52. The number of halogens is 2. The number of nitrogens with two attached hydrogens (primary N) is 1. The molecule has 0 aliphatic rings. The van der Waals surface area contributed by atoms with E-state index in [0.717, 1.165) is 0 Å². The van der Waals surface area contributed by atoms with Gasteiger partial charge < -0.3 is 11.1 Å². The molecule has 1 rings (SSSR count). The number of urea groups is 1. The molecule has 0 bridgehead atoms. The van der Waals surface area contributed by atoms with Crippen LogP contribution in [0.4, 0.5) is 4.79 Å². The second kappa shape index (κ2) is 10.4. The SMILES string of the molecule is CC[C@@H](C)[C@@H](NC(N)=O)C(=O)NNC(=O)CSc1cc(Cl)ccc1Cl. The molecule has 5 N–H and O–H groups in total. The predicted molar refractivity (Wildman–Crippen MR) is 99.4 cm³/mol. The van der Waals surface area contributed by atoms with E-state index in [-0.39, 0.29) is 11.7 Å². The molecule has 4 amide bonds. The maximum Gasteiger partial charge on any atom is 0.312 e. The van der Waals surface area contributed by atoms with Crippen molar-refractivity contribution in [2.75, 3.05) is 5.75 Å². The number of hydrazine groups is 1. The maximum absolute atomic E-state index is 12.1. The molecular formula is C15H20Cl2N4O3S. The number of hydrogen-bond acceptors (Lipinski definition) is 4. The van der Waals surface area contributed by atoms with E-state index in [1.54, 1.807) is 25.1 Å². The van der Waals surface area contributed by atoms with Gasteiger partial charge >= 0.3 is 6.03 Å². The first-order valence-electron chi connectivity index (χ1n) is 7.47. The zero-order valence-electron chi connectivity index (χ0n) is 13.8. The summed E-state index contributed by atoms with van der Waals surface area (Å²) in [4.78, 5) is 35.6. The van der Waals surface area contributed by atoms with Gasteiger partial charge in [0.15, 0.2) is 0 Å². The number of carbonyl (C=O) groups is 3. The second-order valence-corrected chi connectivity index (χ2v) is 7.13. The lowest BCUT2D eigenvalue weighted by Crippen LogP contribution is -2.55. The van der Waals surface area contributed by atoms with Gasteiger partial charge in [-0.25, -0.2) is 4.79 Å². The Bertz CT molecular complexity index is 645. The van der Waals surface area contributed by atoms with Crippen LogP contribution in [0.25, 0.3) is 0 Å². The average Bonchev–Trinajstić information content (AvgIpc) is 2.57. The van der Waals surface area contributed by atoms with E-state index in [1.165, 1.54) is 11.8 Å². The zero-order valence-corrected chi connectivity index (χ0v) is 16.1. The van der Waals surface area contributed by atoms with Crippen LogP contribution in [0, 0.1) is 5.92 Å². The summed E-state index contributed by atoms with van der Waals surface area (Å²) >= 11 is 13.1. The molecule has 1 aromatic rings. The number of benzene rings is 1. The van der Waals surface area contributed by atoms with Crippen molar-refractivity contribution < 1.29 is 14.4 Å². The highest BCUT2D eigenvalue weighted by Gasteiger charge is 2.25. The smallest absolute Gasteiger partial charge is 0.312 e. The summed E-state index contributed by atoms with van der Waals surface area (Å²) in [5.41, 5.74) is 9.65. The van der Waals surface area contributed by atoms with E-state index in [4.69, 9.17) is 28.9 Å². The largest absolute Gasteiger partial charge is 0.352 e. The standard InChI is InChI=1S/C15H20Cl2N4O3S/c1-3-8(2)13(19-15(18)24)14(23)21-20-12(22)7-25-11-6-9(16)4-5-10(11)17/h4-6,8,13H,3,7H2,1-2H3,(H,20,22)(H,21,23)(H3,18,19,24)/t8-,13-/m1/s1. The normalized spacial score (nSPS) is 12.8. The topological polar surface area (TPSA) is 113 Å². The van der Waals surface area contributed by atoms with Crippen molar-refractivity contribution in [2.24, 2.45) is 11.7 Å². The Morgan fingerprint density at radius 3 is 2.52 bits per heavy atom. The molecule has 0 radical (unpaired) electrons. The highest BCUT2D eigenvalue weighted by Crippen LogP contribution is 2.29. The first-order chi connectivity index (χ1) is 11.7. The van der Waals surface area contributed by atoms with Gasteiger partial charge in [-0.1, -0.05) is 43.5 Å². The molecule has 25 heavy (non-hydrogen) atoms. The Morgan fingerprint density at radius 2 is 1.92 bits per heavy atom. The molecular weight excluding hydrogens is 387 g/mol. The number of amides is 4. The summed E-state index contributed by atoms with van der Waals surface area (Å²) in [6.07, 6.45) is 0.648. The fraction of sp³-hybridized carbons (Fsp3) is 0.400. The van der Waals surface area contributed by atoms with E-state index in [0.29, 0.717) is 21.4 Å². The number of nitrogens with one attached hydrogen (secondary N) is 3. The molecule has 0 unspecified atom stereocenters. The van der Waals surface area contributed by atoms with Gasteiger partial charge in [0.05, 0.1) is 10.8 Å². The lowest BCUT2D eigenvalue weighted by molar-refractivity contribution is -0.129. The van der Waals surface area contributed by atoms with Gasteiger partial charge in [-0.15, -0.1) is 11.8 Å². The summed E-state index contributed by atoms with van der Waals surface area (Å²) in [6.45, 7) is 3.66. The number of carbonyl (C=O) groups excluding carboxylic acids is 3. The van der Waals surface area contributed by atoms with Gasteiger partial charge in [-0.2, -0.15) is 0 Å². The van der Waals surface area contributed by atoms with E-state index in [9.17, 15) is 14.4 Å². The lowest BCUT2D eigenvalue weighted by atomic mass is 9.99. The van der Waals surface area contributed by atoms with E-state index >= 15 is 0 Å². The van der Waals surface area contributed by atoms with Crippen molar-refractivity contribution in [2.45, 2.75) is 31.2 Å². The van der Waals surface area contributed by atoms with Crippen LogP contribution in [0.1, 0.15) is 20.3 Å². The summed E-state index contributed by atoms with van der Waals surface area (Å²) in [5.74, 6) is -1.11. The minimum absolute atomic E-state index is 0.0254. The van der Waals surface area contributed by atoms with Crippen LogP contribution in [-0.2, 0) is 9.59 Å². The summed E-state index contributed by atoms with van der Waals surface area (Å²) in [6, 6.07) is 3.29. The van der Waals surface area contributed by atoms with Crippen molar-refractivity contribution >= 4 is 52.8 Å². The Kier molecular flexibility index (Phi) is 8.88. The van der Waals surface area contributed by atoms with Crippen molar-refractivity contribution in [3.05, 3.63) is 28.2 Å². The van der Waals surface area contributed by atoms with E-state index in [2.05, 4.69) is 16.2 Å². The molecule has 0 saturated heterocycles. The van der Waals surface area contributed by atoms with E-state index < -0.39 is 23.9 Å². The molecule has 7 nitrogen and oxygen atoms in total. The monoisotopic (exact) mass is 406 g/mol. The second-order valence-electron chi connectivity index (χ2n) is 5.27. The molecule has 1 aromatic carbocycles. The number of thioether (sulfide) groups is 1. The maximum atomic E-state index is 12.1. The minimum atomic E-state index is -0.835. The van der Waals surface area contributed by atoms with Crippen LogP contribution in [0.15, 0.2) is 23.1 Å². The molecule has 0 fully saturated rings. The average molecular weight is 407 g/mol. The molecule has 10 heteroatoms. The van der Waals surface area contributed by atoms with Gasteiger partial charge in [-0.05, 0) is 24.1 Å². The van der Waals surface area contributed by atoms with Crippen LogP contribution in [0.3, 0.4) is 0 Å². The minimum Gasteiger partial charge on any atom is -0.352 e. The molecule has 2 atom stereocenters. The zero-order chi connectivity index (χ0) is 19.0. The molecule has 0 heterocycles. The fourth-order valence-corrected chi connectivity index (χ4v) is 3.12. The van der Waals surface area contributed by atoms with Crippen molar-refractivity contribution in [1.29, 1.82) is 0 Å². The molecule has 0 saturated carbocycles. The number of rotatable bonds is 7.